The molecule has 3 nitrogen and oxygen atoms in total. The number of benzene rings is 1. The van der Waals surface area contributed by atoms with Crippen molar-refractivity contribution in [2.45, 2.75) is 57.3 Å². The highest BCUT2D eigenvalue weighted by Gasteiger charge is 2.18. The Kier molecular flexibility index (Phi) is 9.60. The summed E-state index contributed by atoms with van der Waals surface area (Å²) in [4.78, 5) is 0.819. The predicted molar refractivity (Wildman–Crippen MR) is 96.2 cm³/mol. The Morgan fingerprint density at radius 3 is 2.35 bits per heavy atom. The van der Waals surface area contributed by atoms with Gasteiger partial charge in [-0.2, -0.15) is 10.5 Å². The summed E-state index contributed by atoms with van der Waals surface area (Å²) in [5.74, 6) is 1.41. The first-order valence-electron chi connectivity index (χ1n) is 8.11. The van der Waals surface area contributed by atoms with Gasteiger partial charge in [0.25, 0.3) is 0 Å². The molecule has 0 fully saturated rings. The van der Waals surface area contributed by atoms with E-state index < -0.39 is 0 Å². The highest BCUT2D eigenvalue weighted by Crippen LogP contribution is 2.37. The van der Waals surface area contributed by atoms with Crippen LogP contribution < -0.4 is 4.74 Å². The number of unbranched alkanes of at least 4 members (excludes halogenated alkanes) is 4. The number of hydrogen-bond donors (Lipinski definition) is 0. The largest absolute Gasteiger partial charge is 0.492 e. The molecule has 5 heteroatoms. The van der Waals surface area contributed by atoms with Crippen LogP contribution in [0.3, 0.4) is 0 Å². The first-order chi connectivity index (χ1) is 11.2. The lowest BCUT2D eigenvalue weighted by Crippen LogP contribution is -2.02. The number of rotatable bonds is 10. The van der Waals surface area contributed by atoms with E-state index in [2.05, 4.69) is 19.9 Å². The van der Waals surface area contributed by atoms with E-state index in [1.165, 1.54) is 12.8 Å². The summed E-state index contributed by atoms with van der Waals surface area (Å²) >= 11 is 7.91. The van der Waals surface area contributed by atoms with E-state index in [4.69, 9.17) is 16.3 Å². The molecule has 0 aliphatic carbocycles. The fourth-order valence-electron chi connectivity index (χ4n) is 2.08. The third-order valence-electron chi connectivity index (χ3n) is 3.43. The summed E-state index contributed by atoms with van der Waals surface area (Å²) in [5.41, 5.74) is 0.465. The van der Waals surface area contributed by atoms with Gasteiger partial charge in [0.1, 0.15) is 23.5 Å². The molecule has 0 unspecified atom stereocenters. The number of halogens is 1. The van der Waals surface area contributed by atoms with Crippen LogP contribution in [0.25, 0.3) is 0 Å². The van der Waals surface area contributed by atoms with Crippen LogP contribution in [-0.4, -0.2) is 12.4 Å². The number of hydrogen-bond acceptors (Lipinski definition) is 4. The van der Waals surface area contributed by atoms with Crippen molar-refractivity contribution in [3.63, 3.8) is 0 Å². The summed E-state index contributed by atoms with van der Waals surface area (Å²) in [6, 6.07) is 5.92. The zero-order chi connectivity index (χ0) is 17.1. The SMILES string of the molecule is CCCCCCOc1cc(SCCCC)c(Cl)c(C#N)c1C#N. The van der Waals surface area contributed by atoms with Crippen molar-refractivity contribution < 1.29 is 4.74 Å². The lowest BCUT2D eigenvalue weighted by atomic mass is 10.1. The van der Waals surface area contributed by atoms with Gasteiger partial charge in [0.05, 0.1) is 17.2 Å². The van der Waals surface area contributed by atoms with Crippen molar-refractivity contribution in [2.75, 3.05) is 12.4 Å². The minimum atomic E-state index is 0.222. The summed E-state index contributed by atoms with van der Waals surface area (Å²) in [6.07, 6.45) is 6.58. The van der Waals surface area contributed by atoms with Gasteiger partial charge in [0, 0.05) is 4.90 Å². The minimum Gasteiger partial charge on any atom is -0.492 e. The van der Waals surface area contributed by atoms with Gasteiger partial charge in [-0.15, -0.1) is 11.8 Å². The van der Waals surface area contributed by atoms with E-state index in [1.54, 1.807) is 11.8 Å². The van der Waals surface area contributed by atoms with Crippen LogP contribution >= 0.6 is 23.4 Å². The van der Waals surface area contributed by atoms with E-state index in [9.17, 15) is 10.5 Å². The molecule has 0 aliphatic rings. The number of ether oxygens (including phenoxy) is 1. The standard InChI is InChI=1S/C18H23ClN2OS/c1-3-5-7-8-9-22-16-11-17(23-10-6-4-2)18(19)15(13-21)14(16)12-20/h11H,3-10H2,1-2H3. The molecule has 0 amide bonds. The van der Waals surface area contributed by atoms with Crippen LogP contribution in [0.4, 0.5) is 0 Å². The molecule has 0 saturated heterocycles. The molecular formula is C18H23ClN2OS. The Bertz CT molecular complexity index is 590. The second kappa shape index (κ2) is 11.2. The van der Waals surface area contributed by atoms with Crippen molar-refractivity contribution in [3.05, 3.63) is 22.2 Å². The number of nitrogens with zero attached hydrogens (tertiary/aromatic N) is 2. The Morgan fingerprint density at radius 1 is 1.04 bits per heavy atom. The van der Waals surface area contributed by atoms with E-state index in [0.29, 0.717) is 17.4 Å². The minimum absolute atomic E-state index is 0.222. The molecule has 0 spiro atoms. The Balaban J connectivity index is 2.95. The molecule has 1 rings (SSSR count). The van der Waals surface area contributed by atoms with Gasteiger partial charge in [-0.25, -0.2) is 0 Å². The van der Waals surface area contributed by atoms with Crippen molar-refractivity contribution in [1.82, 2.24) is 0 Å². The zero-order valence-corrected chi connectivity index (χ0v) is 15.4. The molecule has 0 atom stereocenters. The first-order valence-corrected chi connectivity index (χ1v) is 9.48. The van der Waals surface area contributed by atoms with Gasteiger partial charge in [0.2, 0.25) is 0 Å². The average Bonchev–Trinajstić information content (AvgIpc) is 2.56. The third-order valence-corrected chi connectivity index (χ3v) is 5.06. The number of nitriles is 2. The Hall–Kier alpha value is -1.36. The first kappa shape index (κ1) is 19.7. The fraction of sp³-hybridized carbons (Fsp3) is 0.556. The molecule has 0 saturated carbocycles. The van der Waals surface area contributed by atoms with Crippen LogP contribution in [-0.2, 0) is 0 Å². The molecule has 0 heterocycles. The van der Waals surface area contributed by atoms with Gasteiger partial charge in [0.15, 0.2) is 0 Å². The number of thioether (sulfide) groups is 1. The van der Waals surface area contributed by atoms with Gasteiger partial charge in [-0.3, -0.25) is 0 Å². The molecular weight excluding hydrogens is 328 g/mol. The maximum Gasteiger partial charge on any atom is 0.139 e. The highest BCUT2D eigenvalue weighted by atomic mass is 35.5. The van der Waals surface area contributed by atoms with Crippen LogP contribution in [0.2, 0.25) is 5.02 Å². The fourth-order valence-corrected chi connectivity index (χ4v) is 3.51. The maximum absolute atomic E-state index is 9.35. The molecule has 124 valence electrons. The van der Waals surface area contributed by atoms with Gasteiger partial charge in [-0.1, -0.05) is 51.1 Å². The van der Waals surface area contributed by atoms with E-state index in [0.717, 1.165) is 36.3 Å². The third kappa shape index (κ3) is 5.98. The molecule has 0 aliphatic heterocycles. The predicted octanol–water partition coefficient (Wildman–Crippen LogP) is 5.93. The normalized spacial score (nSPS) is 10.1. The van der Waals surface area contributed by atoms with Crippen molar-refractivity contribution in [3.8, 4) is 17.9 Å². The lowest BCUT2D eigenvalue weighted by molar-refractivity contribution is 0.303. The van der Waals surface area contributed by atoms with Gasteiger partial charge >= 0.3 is 0 Å². The quantitative estimate of drug-likeness (QED) is 0.387. The van der Waals surface area contributed by atoms with Crippen molar-refractivity contribution in [1.29, 1.82) is 10.5 Å². The van der Waals surface area contributed by atoms with Crippen LogP contribution in [0.5, 0.6) is 5.75 Å². The molecule has 23 heavy (non-hydrogen) atoms. The summed E-state index contributed by atoms with van der Waals surface area (Å²) in [5, 5.41) is 19.1. The second-order valence-electron chi connectivity index (χ2n) is 5.27. The monoisotopic (exact) mass is 350 g/mol. The molecule has 0 aromatic heterocycles. The summed E-state index contributed by atoms with van der Waals surface area (Å²) in [7, 11) is 0. The average molecular weight is 351 g/mol. The Morgan fingerprint density at radius 2 is 1.74 bits per heavy atom. The highest BCUT2D eigenvalue weighted by molar-refractivity contribution is 7.99. The van der Waals surface area contributed by atoms with Crippen LogP contribution in [0, 0.1) is 22.7 Å². The van der Waals surface area contributed by atoms with E-state index >= 15 is 0 Å². The van der Waals surface area contributed by atoms with E-state index in [1.807, 2.05) is 12.1 Å². The molecule has 1 aromatic rings. The molecule has 0 N–H and O–H groups in total. The smallest absolute Gasteiger partial charge is 0.139 e. The van der Waals surface area contributed by atoms with E-state index in [-0.39, 0.29) is 11.1 Å². The second-order valence-corrected chi connectivity index (χ2v) is 6.79. The molecule has 0 radical (unpaired) electrons. The molecule has 1 aromatic carbocycles. The van der Waals surface area contributed by atoms with Crippen molar-refractivity contribution >= 4 is 23.4 Å². The van der Waals surface area contributed by atoms with Crippen LogP contribution in [0.15, 0.2) is 11.0 Å². The van der Waals surface area contributed by atoms with Gasteiger partial charge in [-0.05, 0) is 24.7 Å². The topological polar surface area (TPSA) is 56.8 Å². The molecule has 0 bridgehead atoms. The lowest BCUT2D eigenvalue weighted by Gasteiger charge is -2.13. The van der Waals surface area contributed by atoms with Crippen molar-refractivity contribution in [2.24, 2.45) is 0 Å². The van der Waals surface area contributed by atoms with Crippen LogP contribution in [0.1, 0.15) is 63.5 Å². The van der Waals surface area contributed by atoms with Gasteiger partial charge < -0.3 is 4.74 Å². The summed E-state index contributed by atoms with van der Waals surface area (Å²) < 4.78 is 5.77. The summed E-state index contributed by atoms with van der Waals surface area (Å²) in [6.45, 7) is 4.85. The Labute approximate surface area is 148 Å². The maximum atomic E-state index is 9.35. The zero-order valence-electron chi connectivity index (χ0n) is 13.8.